The lowest BCUT2D eigenvalue weighted by Gasteiger charge is -2.09. The van der Waals surface area contributed by atoms with Crippen molar-refractivity contribution in [1.29, 1.82) is 0 Å². The van der Waals surface area contributed by atoms with Gasteiger partial charge in [-0.3, -0.25) is 9.59 Å². The quantitative estimate of drug-likeness (QED) is 0.274. The lowest BCUT2D eigenvalue weighted by molar-refractivity contribution is -0.117. The number of hydrogen-bond acceptors (Lipinski definition) is 4. The molecule has 5 nitrogen and oxygen atoms in total. The molecule has 2 N–H and O–H groups in total. The van der Waals surface area contributed by atoms with E-state index >= 15 is 0 Å². The van der Waals surface area contributed by atoms with Crippen LogP contribution in [0.2, 0.25) is 15.1 Å². The van der Waals surface area contributed by atoms with Gasteiger partial charge in [-0.15, -0.1) is 11.3 Å². The molecule has 0 spiro atoms. The second-order valence-corrected chi connectivity index (χ2v) is 8.10. The summed E-state index contributed by atoms with van der Waals surface area (Å²) in [7, 11) is 0. The van der Waals surface area contributed by atoms with Crippen LogP contribution >= 0.6 is 46.1 Å². The van der Waals surface area contributed by atoms with Crippen LogP contribution in [0, 0.1) is 0 Å². The van der Waals surface area contributed by atoms with Crippen molar-refractivity contribution in [2.75, 3.05) is 0 Å². The van der Waals surface area contributed by atoms with Gasteiger partial charge in [0.1, 0.15) is 5.70 Å². The van der Waals surface area contributed by atoms with Gasteiger partial charge in [0.15, 0.2) is 0 Å². The van der Waals surface area contributed by atoms with Crippen molar-refractivity contribution in [3.05, 3.63) is 96.7 Å². The number of halogens is 3. The SMILES string of the molecule is O=C(NN=Cc1ccc(Cl)cc1Cl)C(=Cc1cccs1)NC(=O)c1ccccc1Cl. The van der Waals surface area contributed by atoms with Gasteiger partial charge in [-0.1, -0.05) is 59.1 Å². The van der Waals surface area contributed by atoms with Crippen molar-refractivity contribution >= 4 is 70.2 Å². The number of nitrogens with zero attached hydrogens (tertiary/aromatic N) is 1. The summed E-state index contributed by atoms with van der Waals surface area (Å²) >= 11 is 19.4. The highest BCUT2D eigenvalue weighted by Gasteiger charge is 2.16. The normalized spacial score (nSPS) is 11.5. The molecular weight excluding hydrogens is 465 g/mol. The summed E-state index contributed by atoms with van der Waals surface area (Å²) < 4.78 is 0. The minimum Gasteiger partial charge on any atom is -0.317 e. The second-order valence-electron chi connectivity index (χ2n) is 5.87. The molecule has 2 amide bonds. The Balaban J connectivity index is 1.78. The Labute approximate surface area is 192 Å². The fraction of sp³-hybridized carbons (Fsp3) is 0. The number of hydrazone groups is 1. The minimum absolute atomic E-state index is 0.0155. The van der Waals surface area contributed by atoms with E-state index in [1.165, 1.54) is 17.6 Å². The Bertz CT molecular complexity index is 1130. The highest BCUT2D eigenvalue weighted by atomic mass is 35.5. The molecule has 1 aromatic heterocycles. The van der Waals surface area contributed by atoms with Crippen molar-refractivity contribution in [1.82, 2.24) is 10.7 Å². The van der Waals surface area contributed by atoms with Crippen LogP contribution in [-0.2, 0) is 4.79 Å². The van der Waals surface area contributed by atoms with Crippen LogP contribution in [-0.4, -0.2) is 18.0 Å². The van der Waals surface area contributed by atoms with Crippen molar-refractivity contribution in [3.8, 4) is 0 Å². The van der Waals surface area contributed by atoms with Gasteiger partial charge in [-0.2, -0.15) is 5.10 Å². The third-order valence-corrected chi connectivity index (χ3v) is 5.48. The van der Waals surface area contributed by atoms with Crippen LogP contribution in [0.15, 0.2) is 70.8 Å². The van der Waals surface area contributed by atoms with Crippen LogP contribution in [0.4, 0.5) is 0 Å². The van der Waals surface area contributed by atoms with Gasteiger partial charge in [-0.05, 0) is 41.8 Å². The van der Waals surface area contributed by atoms with Gasteiger partial charge < -0.3 is 5.32 Å². The molecule has 0 unspecified atom stereocenters. The number of nitrogens with one attached hydrogen (secondary N) is 2. The third kappa shape index (κ3) is 5.93. The summed E-state index contributed by atoms with van der Waals surface area (Å²) in [4.78, 5) is 26.0. The fourth-order valence-electron chi connectivity index (χ4n) is 2.34. The first-order chi connectivity index (χ1) is 14.4. The molecule has 0 saturated heterocycles. The summed E-state index contributed by atoms with van der Waals surface area (Å²) in [6.07, 6.45) is 2.94. The number of carbonyl (C=O) groups is 2. The molecule has 152 valence electrons. The molecule has 0 aliphatic rings. The number of thiophene rings is 1. The third-order valence-electron chi connectivity index (χ3n) is 3.77. The zero-order valence-electron chi connectivity index (χ0n) is 15.2. The highest BCUT2D eigenvalue weighted by Crippen LogP contribution is 2.19. The molecule has 2 aromatic carbocycles. The van der Waals surface area contributed by atoms with Crippen molar-refractivity contribution in [2.45, 2.75) is 0 Å². The van der Waals surface area contributed by atoms with Gasteiger partial charge in [0.05, 0.1) is 21.8 Å². The van der Waals surface area contributed by atoms with E-state index in [1.807, 2.05) is 17.5 Å². The molecule has 3 rings (SSSR count). The Morgan fingerprint density at radius 3 is 2.47 bits per heavy atom. The molecule has 0 radical (unpaired) electrons. The first kappa shape index (κ1) is 22.1. The van der Waals surface area contributed by atoms with Gasteiger partial charge >= 0.3 is 0 Å². The maximum atomic E-state index is 12.7. The van der Waals surface area contributed by atoms with E-state index in [-0.39, 0.29) is 16.3 Å². The number of carbonyl (C=O) groups excluding carboxylic acids is 2. The summed E-state index contributed by atoms with van der Waals surface area (Å²) in [5.41, 5.74) is 3.22. The molecule has 1 heterocycles. The maximum absolute atomic E-state index is 12.7. The molecule has 9 heteroatoms. The molecule has 0 saturated carbocycles. The van der Waals surface area contributed by atoms with Crippen LogP contribution in [0.25, 0.3) is 6.08 Å². The number of amides is 2. The maximum Gasteiger partial charge on any atom is 0.287 e. The zero-order valence-corrected chi connectivity index (χ0v) is 18.3. The first-order valence-corrected chi connectivity index (χ1v) is 10.5. The Hall–Kier alpha value is -2.64. The molecule has 0 atom stereocenters. The predicted octanol–water partition coefficient (Wildman–Crippen LogP) is 5.63. The number of benzene rings is 2. The van der Waals surface area contributed by atoms with Crippen LogP contribution in [0.1, 0.15) is 20.8 Å². The molecular formula is C21H14Cl3N3O2S. The van der Waals surface area contributed by atoms with E-state index in [4.69, 9.17) is 34.8 Å². The second kappa shape index (κ2) is 10.4. The van der Waals surface area contributed by atoms with E-state index in [9.17, 15) is 9.59 Å². The summed E-state index contributed by atoms with van der Waals surface area (Å²) in [6.45, 7) is 0. The summed E-state index contributed by atoms with van der Waals surface area (Å²) in [6, 6.07) is 15.1. The van der Waals surface area contributed by atoms with Gasteiger partial charge in [0, 0.05) is 15.5 Å². The van der Waals surface area contributed by atoms with Gasteiger partial charge in [0.25, 0.3) is 11.8 Å². The lowest BCUT2D eigenvalue weighted by Crippen LogP contribution is -2.33. The van der Waals surface area contributed by atoms with Crippen LogP contribution in [0.5, 0.6) is 0 Å². The van der Waals surface area contributed by atoms with Crippen molar-refractivity contribution < 1.29 is 9.59 Å². The number of hydrogen-bond donors (Lipinski definition) is 2. The van der Waals surface area contributed by atoms with E-state index in [2.05, 4.69) is 15.8 Å². The van der Waals surface area contributed by atoms with Crippen molar-refractivity contribution in [3.63, 3.8) is 0 Å². The topological polar surface area (TPSA) is 70.6 Å². The molecule has 0 fully saturated rings. The monoisotopic (exact) mass is 477 g/mol. The summed E-state index contributed by atoms with van der Waals surface area (Å²) in [5.74, 6) is -1.12. The average Bonchev–Trinajstić information content (AvgIpc) is 3.22. The molecule has 0 aliphatic heterocycles. The molecule has 0 aliphatic carbocycles. The van der Waals surface area contributed by atoms with Gasteiger partial charge in [0.2, 0.25) is 0 Å². The van der Waals surface area contributed by atoms with Crippen LogP contribution < -0.4 is 10.7 Å². The first-order valence-electron chi connectivity index (χ1n) is 8.53. The lowest BCUT2D eigenvalue weighted by atomic mass is 10.2. The average molecular weight is 479 g/mol. The largest absolute Gasteiger partial charge is 0.317 e. The number of rotatable bonds is 6. The van der Waals surface area contributed by atoms with E-state index in [1.54, 1.807) is 48.5 Å². The van der Waals surface area contributed by atoms with Crippen LogP contribution in [0.3, 0.4) is 0 Å². The molecule has 30 heavy (non-hydrogen) atoms. The minimum atomic E-state index is -0.606. The van der Waals surface area contributed by atoms with E-state index in [0.717, 1.165) is 4.88 Å². The molecule has 0 bridgehead atoms. The Kier molecular flexibility index (Phi) is 7.65. The Morgan fingerprint density at radius 2 is 1.77 bits per heavy atom. The van der Waals surface area contributed by atoms with E-state index < -0.39 is 11.8 Å². The Morgan fingerprint density at radius 1 is 0.967 bits per heavy atom. The van der Waals surface area contributed by atoms with Gasteiger partial charge in [-0.25, -0.2) is 5.43 Å². The zero-order chi connectivity index (χ0) is 21.5. The summed E-state index contributed by atoms with van der Waals surface area (Å²) in [5, 5.41) is 9.53. The molecule has 3 aromatic rings. The standard InChI is InChI=1S/C21H14Cl3N3O2S/c22-14-8-7-13(18(24)10-14)12-25-27-21(29)19(11-15-4-3-9-30-15)26-20(28)16-5-1-2-6-17(16)23/h1-12H,(H,26,28)(H,27,29). The smallest absolute Gasteiger partial charge is 0.287 e. The van der Waals surface area contributed by atoms with E-state index in [0.29, 0.717) is 15.6 Å². The fourth-order valence-corrected chi connectivity index (χ4v) is 3.67. The van der Waals surface area contributed by atoms with Crippen molar-refractivity contribution in [2.24, 2.45) is 5.10 Å². The predicted molar refractivity (Wildman–Crippen MR) is 123 cm³/mol. The highest BCUT2D eigenvalue weighted by molar-refractivity contribution is 7.10.